The molecule has 0 saturated heterocycles. The topological polar surface area (TPSA) is 117 Å². The molecule has 182 valence electrons. The maximum Gasteiger partial charge on any atom is 0.411 e. The number of nitrogens with two attached hydrogens (primary N) is 1. The van der Waals surface area contributed by atoms with Crippen molar-refractivity contribution in [1.29, 1.82) is 0 Å². The summed E-state index contributed by atoms with van der Waals surface area (Å²) in [6.07, 6.45) is 1.77. The van der Waals surface area contributed by atoms with E-state index in [0.717, 1.165) is 34.4 Å². The molecule has 3 N–H and O–H groups in total. The van der Waals surface area contributed by atoms with Crippen molar-refractivity contribution in [2.75, 3.05) is 11.1 Å². The van der Waals surface area contributed by atoms with Crippen molar-refractivity contribution in [2.24, 2.45) is 5.92 Å². The van der Waals surface area contributed by atoms with Crippen LogP contribution in [0, 0.1) is 12.8 Å². The minimum atomic E-state index is -0.474. The summed E-state index contributed by atoms with van der Waals surface area (Å²) in [4.78, 5) is 11.9. The second-order valence-electron chi connectivity index (χ2n) is 9.16. The highest BCUT2D eigenvalue weighted by molar-refractivity contribution is 6.01. The Hall–Kier alpha value is -4.01. The van der Waals surface area contributed by atoms with Crippen LogP contribution in [0.25, 0.3) is 22.2 Å². The molecule has 9 nitrogen and oxygen atoms in total. The van der Waals surface area contributed by atoms with Gasteiger partial charge in [0, 0.05) is 36.2 Å². The average Bonchev–Trinajstić information content (AvgIpc) is 3.48. The molecule has 4 aromatic rings. The van der Waals surface area contributed by atoms with Crippen molar-refractivity contribution >= 4 is 28.4 Å². The van der Waals surface area contributed by atoms with Crippen LogP contribution in [0.15, 0.2) is 46.9 Å². The number of fused-ring (bicyclic) bond motifs is 1. The lowest BCUT2D eigenvalue weighted by Gasteiger charge is -2.13. The van der Waals surface area contributed by atoms with E-state index < -0.39 is 6.09 Å². The molecule has 0 atom stereocenters. The Morgan fingerprint density at radius 2 is 1.97 bits per heavy atom. The molecule has 2 aromatic carbocycles. The van der Waals surface area contributed by atoms with Gasteiger partial charge >= 0.3 is 6.09 Å². The lowest BCUT2D eigenvalue weighted by Crippen LogP contribution is -2.17. The highest BCUT2D eigenvalue weighted by Gasteiger charge is 2.26. The Morgan fingerprint density at radius 1 is 1.20 bits per heavy atom. The van der Waals surface area contributed by atoms with E-state index in [4.69, 9.17) is 19.6 Å². The number of amides is 1. The SMILES string of the molecule is Cc1nnc(COc2ccc3c(N)c(-c4ccc(NC(=O)OC(C)C)cc4)n(CC4CC4)c3c2)o1. The summed E-state index contributed by atoms with van der Waals surface area (Å²) >= 11 is 0. The molecule has 1 aliphatic rings. The summed E-state index contributed by atoms with van der Waals surface area (Å²) in [6, 6.07) is 13.6. The van der Waals surface area contributed by atoms with Gasteiger partial charge in [0.25, 0.3) is 5.89 Å². The van der Waals surface area contributed by atoms with E-state index in [2.05, 4.69) is 20.1 Å². The van der Waals surface area contributed by atoms with E-state index in [-0.39, 0.29) is 12.7 Å². The van der Waals surface area contributed by atoms with Gasteiger partial charge in [0.15, 0.2) is 6.61 Å². The maximum absolute atomic E-state index is 11.9. The van der Waals surface area contributed by atoms with Gasteiger partial charge < -0.3 is 24.2 Å². The lowest BCUT2D eigenvalue weighted by atomic mass is 10.1. The average molecular weight is 476 g/mol. The molecular weight excluding hydrogens is 446 g/mol. The Bertz CT molecular complexity index is 1350. The van der Waals surface area contributed by atoms with Crippen molar-refractivity contribution in [2.45, 2.75) is 52.9 Å². The van der Waals surface area contributed by atoms with Gasteiger partial charge in [-0.3, -0.25) is 5.32 Å². The molecule has 0 radical (unpaired) electrons. The standard InChI is InChI=1S/C26H29N5O4/c1-15(2)34-26(32)28-19-8-6-18(7-9-19)25-24(27)21-11-10-20(33-14-23-30-29-16(3)35-23)12-22(21)31(25)13-17-4-5-17/h6-12,15,17H,4-5,13-14,27H2,1-3H3,(H,28,32). The highest BCUT2D eigenvalue weighted by Crippen LogP contribution is 2.41. The van der Waals surface area contributed by atoms with Crippen LogP contribution in [0.1, 0.15) is 38.5 Å². The third kappa shape index (κ3) is 5.08. The number of carbonyl (C=O) groups is 1. The zero-order valence-corrected chi connectivity index (χ0v) is 20.1. The number of benzene rings is 2. The van der Waals surface area contributed by atoms with Crippen molar-refractivity contribution in [1.82, 2.24) is 14.8 Å². The van der Waals surface area contributed by atoms with Gasteiger partial charge in [-0.2, -0.15) is 0 Å². The molecule has 2 aromatic heterocycles. The molecule has 1 aliphatic carbocycles. The highest BCUT2D eigenvalue weighted by atomic mass is 16.6. The summed E-state index contributed by atoms with van der Waals surface area (Å²) in [6.45, 7) is 6.46. The van der Waals surface area contributed by atoms with Gasteiger partial charge in [0.1, 0.15) is 5.75 Å². The molecule has 0 bridgehead atoms. The largest absolute Gasteiger partial charge is 0.484 e. The third-order valence-corrected chi connectivity index (χ3v) is 5.89. The van der Waals surface area contributed by atoms with E-state index in [0.29, 0.717) is 29.1 Å². The molecule has 5 rings (SSSR count). The monoisotopic (exact) mass is 475 g/mol. The zero-order valence-electron chi connectivity index (χ0n) is 20.1. The second-order valence-corrected chi connectivity index (χ2v) is 9.16. The third-order valence-electron chi connectivity index (χ3n) is 5.89. The van der Waals surface area contributed by atoms with Crippen molar-refractivity contribution in [3.05, 3.63) is 54.2 Å². The number of hydrogen-bond donors (Lipinski definition) is 2. The summed E-state index contributed by atoms with van der Waals surface area (Å²) < 4.78 is 18.8. The van der Waals surface area contributed by atoms with E-state index in [1.807, 2.05) is 56.3 Å². The summed E-state index contributed by atoms with van der Waals surface area (Å²) in [5.74, 6) is 2.29. The van der Waals surface area contributed by atoms with Crippen LogP contribution in [0.2, 0.25) is 0 Å². The zero-order chi connectivity index (χ0) is 24.5. The van der Waals surface area contributed by atoms with Gasteiger partial charge in [0.2, 0.25) is 5.89 Å². The van der Waals surface area contributed by atoms with Gasteiger partial charge in [-0.05, 0) is 56.9 Å². The minimum absolute atomic E-state index is 0.183. The van der Waals surface area contributed by atoms with Crippen LogP contribution in [-0.2, 0) is 17.9 Å². The number of carbonyl (C=O) groups excluding carboxylic acids is 1. The van der Waals surface area contributed by atoms with Crippen LogP contribution in [0.5, 0.6) is 5.75 Å². The molecule has 1 saturated carbocycles. The van der Waals surface area contributed by atoms with E-state index in [1.165, 1.54) is 12.8 Å². The van der Waals surface area contributed by atoms with Crippen LogP contribution in [0.4, 0.5) is 16.2 Å². The number of anilines is 2. The predicted molar refractivity (Wildman–Crippen MR) is 133 cm³/mol. The first kappa shape index (κ1) is 22.8. The van der Waals surface area contributed by atoms with E-state index >= 15 is 0 Å². The maximum atomic E-state index is 11.9. The van der Waals surface area contributed by atoms with Gasteiger partial charge in [0.05, 0.1) is 23.0 Å². The van der Waals surface area contributed by atoms with E-state index in [9.17, 15) is 4.79 Å². The number of ether oxygens (including phenoxy) is 2. The number of nitrogens with one attached hydrogen (secondary N) is 1. The minimum Gasteiger partial charge on any atom is -0.484 e. The summed E-state index contributed by atoms with van der Waals surface area (Å²) in [7, 11) is 0. The van der Waals surface area contributed by atoms with Gasteiger partial charge in [-0.15, -0.1) is 10.2 Å². The first-order valence-electron chi connectivity index (χ1n) is 11.8. The molecule has 0 unspecified atom stereocenters. The Labute approximate surface area is 203 Å². The molecule has 35 heavy (non-hydrogen) atoms. The Morgan fingerprint density at radius 3 is 2.63 bits per heavy atom. The molecule has 2 heterocycles. The summed E-state index contributed by atoms with van der Waals surface area (Å²) in [5.41, 5.74) is 11.0. The Balaban J connectivity index is 1.45. The van der Waals surface area contributed by atoms with Crippen molar-refractivity contribution in [3.63, 3.8) is 0 Å². The van der Waals surface area contributed by atoms with Crippen molar-refractivity contribution in [3.8, 4) is 17.0 Å². The van der Waals surface area contributed by atoms with Crippen LogP contribution in [0.3, 0.4) is 0 Å². The fourth-order valence-corrected chi connectivity index (χ4v) is 4.12. The number of hydrogen-bond acceptors (Lipinski definition) is 7. The van der Waals surface area contributed by atoms with Gasteiger partial charge in [-0.1, -0.05) is 12.1 Å². The fraction of sp³-hybridized carbons (Fsp3) is 0.346. The molecule has 0 aliphatic heterocycles. The normalized spacial score (nSPS) is 13.4. The van der Waals surface area contributed by atoms with E-state index in [1.54, 1.807) is 6.92 Å². The number of aryl methyl sites for hydroxylation is 1. The molecular formula is C26H29N5O4. The smallest absolute Gasteiger partial charge is 0.411 e. The molecule has 1 fully saturated rings. The number of nitrogens with zero attached hydrogens (tertiary/aromatic N) is 3. The number of rotatable bonds is 8. The number of nitrogen functional groups attached to an aromatic ring is 1. The molecule has 0 spiro atoms. The summed E-state index contributed by atoms with van der Waals surface area (Å²) in [5, 5.41) is 11.6. The molecule has 9 heteroatoms. The van der Waals surface area contributed by atoms with Crippen LogP contribution in [-0.4, -0.2) is 27.0 Å². The van der Waals surface area contributed by atoms with Gasteiger partial charge in [-0.25, -0.2) is 4.79 Å². The number of aromatic nitrogens is 3. The molecule has 1 amide bonds. The van der Waals surface area contributed by atoms with Crippen LogP contribution < -0.4 is 15.8 Å². The predicted octanol–water partition coefficient (Wildman–Crippen LogP) is 5.53. The first-order valence-corrected chi connectivity index (χ1v) is 11.8. The second kappa shape index (κ2) is 9.32. The van der Waals surface area contributed by atoms with Crippen LogP contribution >= 0.6 is 0 Å². The van der Waals surface area contributed by atoms with Crippen molar-refractivity contribution < 1.29 is 18.7 Å². The quantitative estimate of drug-likeness (QED) is 0.344. The lowest BCUT2D eigenvalue weighted by molar-refractivity contribution is 0.130. The first-order chi connectivity index (χ1) is 16.9. The Kier molecular flexibility index (Phi) is 6.07. The fourth-order valence-electron chi connectivity index (χ4n) is 4.12.